The van der Waals surface area contributed by atoms with Crippen molar-refractivity contribution in [1.82, 2.24) is 10.2 Å². The molecule has 2 aromatic carbocycles. The van der Waals surface area contributed by atoms with E-state index in [4.69, 9.17) is 16.3 Å². The Balaban J connectivity index is 1.94. The summed E-state index contributed by atoms with van der Waals surface area (Å²) in [6, 6.07) is 12.3. The van der Waals surface area contributed by atoms with Crippen LogP contribution in [0.2, 0.25) is 11.3 Å². The van der Waals surface area contributed by atoms with Gasteiger partial charge in [0.05, 0.1) is 11.1 Å². The molecule has 0 spiro atoms. The zero-order valence-corrected chi connectivity index (χ0v) is 17.8. The average Bonchev–Trinajstić information content (AvgIpc) is 3.13. The number of halogens is 1. The van der Waals surface area contributed by atoms with Crippen molar-refractivity contribution in [2.75, 3.05) is 0 Å². The second-order valence-electron chi connectivity index (χ2n) is 6.77. The lowest BCUT2D eigenvalue weighted by Crippen LogP contribution is -2.05. The predicted octanol–water partition coefficient (Wildman–Crippen LogP) is 5.47. The molecule has 140 valence electrons. The van der Waals surface area contributed by atoms with E-state index in [1.165, 1.54) is 16.7 Å². The Hall–Kier alpha value is -1.85. The Morgan fingerprint density at radius 1 is 1.15 bits per heavy atom. The van der Waals surface area contributed by atoms with E-state index in [0.29, 0.717) is 10.8 Å². The zero-order chi connectivity index (χ0) is 19.4. The van der Waals surface area contributed by atoms with Crippen LogP contribution >= 0.6 is 22.9 Å². The van der Waals surface area contributed by atoms with E-state index < -0.39 is 0 Å². The topological polar surface area (TPSA) is 35.0 Å². The standard InChI is InChI=1S/C21H24BClN2OS/c1-4-16-14(10-11-22)6-5-7-17(16)21-25-24-20(27-21)15-8-9-19(18(23)12-15)26-13(2)3/h5-9,12-13H,4,10-11,22H2,1-3H3. The molecule has 0 bridgehead atoms. The average molecular weight is 399 g/mol. The lowest BCUT2D eigenvalue weighted by atomic mass is 9.91. The molecule has 3 aromatic rings. The van der Waals surface area contributed by atoms with Gasteiger partial charge in [-0.15, -0.1) is 10.2 Å². The third kappa shape index (κ3) is 4.53. The molecule has 0 aliphatic rings. The molecule has 0 unspecified atom stereocenters. The lowest BCUT2D eigenvalue weighted by Gasteiger charge is -2.11. The smallest absolute Gasteiger partial charge is 0.148 e. The SMILES string of the molecule is BCCc1cccc(-c2nnc(-c3ccc(OC(C)C)c(Cl)c3)s2)c1CC. The first kappa shape index (κ1) is 19.9. The maximum atomic E-state index is 6.38. The van der Waals surface area contributed by atoms with E-state index in [1.54, 1.807) is 11.3 Å². The third-order valence-electron chi connectivity index (χ3n) is 4.34. The van der Waals surface area contributed by atoms with Gasteiger partial charge >= 0.3 is 0 Å². The minimum absolute atomic E-state index is 0.0874. The molecule has 0 aliphatic carbocycles. The van der Waals surface area contributed by atoms with Crippen LogP contribution in [0.3, 0.4) is 0 Å². The minimum Gasteiger partial charge on any atom is -0.489 e. The highest BCUT2D eigenvalue weighted by molar-refractivity contribution is 7.17. The third-order valence-corrected chi connectivity index (χ3v) is 5.64. The molecule has 27 heavy (non-hydrogen) atoms. The molecule has 0 saturated heterocycles. The number of nitrogens with zero attached hydrogens (tertiary/aromatic N) is 2. The van der Waals surface area contributed by atoms with Crippen molar-refractivity contribution in [2.45, 2.75) is 46.0 Å². The molecule has 1 heterocycles. The van der Waals surface area contributed by atoms with Gasteiger partial charge in [0.25, 0.3) is 0 Å². The first-order chi connectivity index (χ1) is 13.0. The van der Waals surface area contributed by atoms with E-state index in [0.717, 1.165) is 34.7 Å². The molecule has 6 heteroatoms. The number of rotatable bonds is 7. The summed E-state index contributed by atoms with van der Waals surface area (Å²) in [5.74, 6) is 0.695. The van der Waals surface area contributed by atoms with Crippen LogP contribution < -0.4 is 4.74 Å². The highest BCUT2D eigenvalue weighted by Gasteiger charge is 2.15. The molecule has 1 aromatic heterocycles. The van der Waals surface area contributed by atoms with Crippen LogP contribution in [-0.2, 0) is 12.8 Å². The largest absolute Gasteiger partial charge is 0.489 e. The fourth-order valence-electron chi connectivity index (χ4n) is 3.19. The number of benzene rings is 2. The Morgan fingerprint density at radius 2 is 1.93 bits per heavy atom. The van der Waals surface area contributed by atoms with E-state index >= 15 is 0 Å². The molecule has 0 aliphatic heterocycles. The molecule has 0 fully saturated rings. The van der Waals surface area contributed by atoms with Crippen LogP contribution in [0.4, 0.5) is 0 Å². The first-order valence-electron chi connectivity index (χ1n) is 9.44. The molecule has 3 rings (SSSR count). The Labute approximate surface area is 171 Å². The maximum Gasteiger partial charge on any atom is 0.148 e. The van der Waals surface area contributed by atoms with Gasteiger partial charge in [0.15, 0.2) is 0 Å². The Kier molecular flexibility index (Phi) is 6.56. The summed E-state index contributed by atoms with van der Waals surface area (Å²) in [4.78, 5) is 0. The minimum atomic E-state index is 0.0874. The van der Waals surface area contributed by atoms with Crippen LogP contribution in [0.15, 0.2) is 36.4 Å². The Morgan fingerprint density at radius 3 is 2.59 bits per heavy atom. The highest BCUT2D eigenvalue weighted by atomic mass is 35.5. The van der Waals surface area contributed by atoms with E-state index in [-0.39, 0.29) is 6.10 Å². The molecule has 0 N–H and O–H groups in total. The number of hydrogen-bond acceptors (Lipinski definition) is 4. The van der Waals surface area contributed by atoms with Crippen molar-refractivity contribution in [2.24, 2.45) is 0 Å². The van der Waals surface area contributed by atoms with Crippen molar-refractivity contribution in [3.05, 3.63) is 52.5 Å². The van der Waals surface area contributed by atoms with E-state index in [2.05, 4.69) is 43.2 Å². The summed E-state index contributed by atoms with van der Waals surface area (Å²) < 4.78 is 5.71. The van der Waals surface area contributed by atoms with Crippen molar-refractivity contribution in [3.8, 4) is 26.9 Å². The predicted molar refractivity (Wildman–Crippen MR) is 118 cm³/mol. The molecular formula is C21H24BClN2OS. The van der Waals surface area contributed by atoms with Gasteiger partial charge in [0.1, 0.15) is 23.6 Å². The quantitative estimate of drug-likeness (QED) is 0.495. The summed E-state index contributed by atoms with van der Waals surface area (Å²) in [6.45, 7) is 6.17. The second-order valence-corrected chi connectivity index (χ2v) is 8.16. The van der Waals surface area contributed by atoms with Gasteiger partial charge in [-0.25, -0.2) is 0 Å². The van der Waals surface area contributed by atoms with Gasteiger partial charge in [-0.3, -0.25) is 0 Å². The highest BCUT2D eigenvalue weighted by Crippen LogP contribution is 2.36. The molecule has 0 saturated carbocycles. The van der Waals surface area contributed by atoms with Gasteiger partial charge in [-0.05, 0) is 56.0 Å². The molecule has 3 nitrogen and oxygen atoms in total. The van der Waals surface area contributed by atoms with Crippen molar-refractivity contribution >= 4 is 30.8 Å². The van der Waals surface area contributed by atoms with Gasteiger partial charge in [-0.1, -0.05) is 54.4 Å². The zero-order valence-electron chi connectivity index (χ0n) is 16.3. The summed E-state index contributed by atoms with van der Waals surface area (Å²) in [5, 5.41) is 11.3. The molecule has 0 radical (unpaired) electrons. The van der Waals surface area contributed by atoms with Crippen molar-refractivity contribution in [1.29, 1.82) is 0 Å². The van der Waals surface area contributed by atoms with Crippen LogP contribution in [0.5, 0.6) is 5.75 Å². The van der Waals surface area contributed by atoms with E-state index in [1.807, 2.05) is 32.0 Å². The normalized spacial score (nSPS) is 11.1. The number of aromatic nitrogens is 2. The second kappa shape index (κ2) is 8.90. The molecule has 0 amide bonds. The van der Waals surface area contributed by atoms with Gasteiger partial charge in [-0.2, -0.15) is 0 Å². The van der Waals surface area contributed by atoms with Gasteiger partial charge in [0.2, 0.25) is 0 Å². The fourth-order valence-corrected chi connectivity index (χ4v) is 4.31. The first-order valence-corrected chi connectivity index (χ1v) is 10.6. The summed E-state index contributed by atoms with van der Waals surface area (Å²) >= 11 is 7.98. The van der Waals surface area contributed by atoms with Gasteiger partial charge < -0.3 is 4.74 Å². The fraction of sp³-hybridized carbons (Fsp3) is 0.333. The molecule has 0 atom stereocenters. The summed E-state index contributed by atoms with van der Waals surface area (Å²) in [5.41, 5.74) is 4.94. The number of aryl methyl sites for hydroxylation is 1. The number of ether oxygens (including phenoxy) is 1. The number of hydrogen-bond donors (Lipinski definition) is 0. The lowest BCUT2D eigenvalue weighted by molar-refractivity contribution is 0.242. The van der Waals surface area contributed by atoms with Crippen LogP contribution in [0.25, 0.3) is 21.1 Å². The van der Waals surface area contributed by atoms with Crippen molar-refractivity contribution < 1.29 is 4.74 Å². The molecular weight excluding hydrogens is 375 g/mol. The van der Waals surface area contributed by atoms with Crippen molar-refractivity contribution in [3.63, 3.8) is 0 Å². The van der Waals surface area contributed by atoms with E-state index in [9.17, 15) is 0 Å². The van der Waals surface area contributed by atoms with Crippen LogP contribution in [0, 0.1) is 0 Å². The Bertz CT molecular complexity index is 926. The summed E-state index contributed by atoms with van der Waals surface area (Å²) in [7, 11) is 2.21. The van der Waals surface area contributed by atoms with Crippen LogP contribution in [0.1, 0.15) is 31.9 Å². The maximum absolute atomic E-state index is 6.38. The monoisotopic (exact) mass is 398 g/mol. The summed E-state index contributed by atoms with van der Waals surface area (Å²) in [6.07, 6.45) is 3.31. The van der Waals surface area contributed by atoms with Crippen LogP contribution in [-0.4, -0.2) is 24.1 Å². The van der Waals surface area contributed by atoms with Gasteiger partial charge in [0, 0.05) is 11.1 Å².